The Morgan fingerprint density at radius 3 is 2.69 bits per heavy atom. The van der Waals surface area contributed by atoms with Crippen molar-refractivity contribution in [1.82, 2.24) is 9.97 Å². The van der Waals surface area contributed by atoms with E-state index in [1.54, 1.807) is 0 Å². The predicted octanol–water partition coefficient (Wildman–Crippen LogP) is 3.93. The summed E-state index contributed by atoms with van der Waals surface area (Å²) < 4.78 is 0.748. The first-order chi connectivity index (χ1) is 7.66. The molecule has 1 aromatic heterocycles. The Balaban J connectivity index is 2.01. The molecule has 4 heteroatoms. The minimum absolute atomic E-state index is 0.748. The quantitative estimate of drug-likeness (QED) is 0.828. The first-order valence-corrected chi connectivity index (χ1v) is 7.30. The summed E-state index contributed by atoms with van der Waals surface area (Å²) in [4.78, 5) is 7.77. The smallest absolute Gasteiger partial charge is 0.132 e. The Hall–Kier alpha value is -0.350. The highest BCUT2D eigenvalue weighted by molar-refractivity contribution is 7.99. The van der Waals surface area contributed by atoms with E-state index in [1.807, 2.05) is 18.7 Å². The Labute approximate surface area is 106 Å². The van der Waals surface area contributed by atoms with Gasteiger partial charge in [-0.1, -0.05) is 25.1 Å². The Bertz CT molecular complexity index is 420. The highest BCUT2D eigenvalue weighted by atomic mass is 32.2. The standard InChI is InChI=1S/C12H18N2S2/c1-8-9(2)13-11(14-12(8)15)7-16-10-5-3-4-6-10/h10H,3-7H2,1-2H3,(H,13,14,15). The van der Waals surface area contributed by atoms with E-state index in [9.17, 15) is 0 Å². The normalized spacial score (nSPS) is 16.9. The van der Waals surface area contributed by atoms with Gasteiger partial charge in [0.1, 0.15) is 10.5 Å². The van der Waals surface area contributed by atoms with Crippen LogP contribution in [0.1, 0.15) is 42.8 Å². The second-order valence-corrected chi connectivity index (χ2v) is 6.13. The highest BCUT2D eigenvalue weighted by Crippen LogP contribution is 2.30. The van der Waals surface area contributed by atoms with E-state index < -0.39 is 0 Å². The molecular weight excluding hydrogens is 236 g/mol. The topological polar surface area (TPSA) is 28.7 Å². The molecule has 0 saturated heterocycles. The molecule has 1 aliphatic rings. The van der Waals surface area contributed by atoms with E-state index in [4.69, 9.17) is 12.2 Å². The van der Waals surface area contributed by atoms with Crippen LogP contribution in [0.25, 0.3) is 0 Å². The summed E-state index contributed by atoms with van der Waals surface area (Å²) in [6, 6.07) is 0. The molecule has 0 spiro atoms. The van der Waals surface area contributed by atoms with Crippen LogP contribution in [0.5, 0.6) is 0 Å². The van der Waals surface area contributed by atoms with Gasteiger partial charge in [0.05, 0.1) is 5.75 Å². The molecule has 0 unspecified atom stereocenters. The van der Waals surface area contributed by atoms with Crippen molar-refractivity contribution in [3.63, 3.8) is 0 Å². The van der Waals surface area contributed by atoms with Crippen molar-refractivity contribution in [2.75, 3.05) is 0 Å². The third kappa shape index (κ3) is 2.86. The summed E-state index contributed by atoms with van der Waals surface area (Å²) in [7, 11) is 0. The maximum absolute atomic E-state index is 5.24. The van der Waals surface area contributed by atoms with Crippen LogP contribution in [0, 0.1) is 18.5 Å². The van der Waals surface area contributed by atoms with Crippen molar-refractivity contribution >= 4 is 24.0 Å². The van der Waals surface area contributed by atoms with Crippen LogP contribution in [0.4, 0.5) is 0 Å². The molecule has 0 atom stereocenters. The van der Waals surface area contributed by atoms with E-state index >= 15 is 0 Å². The summed E-state index contributed by atoms with van der Waals surface area (Å²) in [5.41, 5.74) is 2.26. The van der Waals surface area contributed by atoms with Gasteiger partial charge in [-0.3, -0.25) is 0 Å². The lowest BCUT2D eigenvalue weighted by molar-refractivity contribution is 0.886. The summed E-state index contributed by atoms with van der Waals surface area (Å²) in [6.07, 6.45) is 5.54. The first kappa shape index (κ1) is 12.1. The molecule has 0 aliphatic heterocycles. The molecule has 2 rings (SSSR count). The molecule has 1 saturated carbocycles. The second kappa shape index (κ2) is 5.32. The minimum Gasteiger partial charge on any atom is -0.346 e. The second-order valence-electron chi connectivity index (χ2n) is 4.46. The minimum atomic E-state index is 0.748. The fourth-order valence-electron chi connectivity index (χ4n) is 2.03. The zero-order valence-electron chi connectivity index (χ0n) is 9.88. The summed E-state index contributed by atoms with van der Waals surface area (Å²) in [5.74, 6) is 2.00. The third-order valence-electron chi connectivity index (χ3n) is 3.21. The number of aryl methyl sites for hydroxylation is 1. The van der Waals surface area contributed by atoms with Crippen molar-refractivity contribution in [2.45, 2.75) is 50.5 Å². The zero-order chi connectivity index (χ0) is 11.5. The van der Waals surface area contributed by atoms with E-state index in [-0.39, 0.29) is 0 Å². The van der Waals surface area contributed by atoms with Crippen LogP contribution in [0.2, 0.25) is 0 Å². The van der Waals surface area contributed by atoms with Crippen molar-refractivity contribution < 1.29 is 0 Å². The molecule has 1 fully saturated rings. The van der Waals surface area contributed by atoms with Gasteiger partial charge in [-0.15, -0.1) is 0 Å². The van der Waals surface area contributed by atoms with Gasteiger partial charge in [0, 0.05) is 16.5 Å². The van der Waals surface area contributed by atoms with Crippen LogP contribution in [-0.2, 0) is 5.75 Å². The molecule has 2 nitrogen and oxygen atoms in total. The monoisotopic (exact) mass is 254 g/mol. The van der Waals surface area contributed by atoms with Gasteiger partial charge >= 0.3 is 0 Å². The van der Waals surface area contributed by atoms with Gasteiger partial charge in [0.25, 0.3) is 0 Å². The largest absolute Gasteiger partial charge is 0.346 e. The highest BCUT2D eigenvalue weighted by Gasteiger charge is 2.15. The summed E-state index contributed by atoms with van der Waals surface area (Å²) >= 11 is 7.26. The Morgan fingerprint density at radius 1 is 1.38 bits per heavy atom. The number of thioether (sulfide) groups is 1. The first-order valence-electron chi connectivity index (χ1n) is 5.85. The van der Waals surface area contributed by atoms with Gasteiger partial charge in [0.15, 0.2) is 0 Å². The van der Waals surface area contributed by atoms with Crippen LogP contribution < -0.4 is 0 Å². The van der Waals surface area contributed by atoms with Crippen LogP contribution in [0.15, 0.2) is 0 Å². The average molecular weight is 254 g/mol. The third-order valence-corrected chi connectivity index (χ3v) is 4.99. The molecule has 0 radical (unpaired) electrons. The number of aromatic nitrogens is 2. The lowest BCUT2D eigenvalue weighted by atomic mass is 10.3. The van der Waals surface area contributed by atoms with Gasteiger partial charge in [-0.05, 0) is 26.7 Å². The molecular formula is C12H18N2S2. The average Bonchev–Trinajstić information content (AvgIpc) is 2.75. The van der Waals surface area contributed by atoms with Crippen molar-refractivity contribution in [1.29, 1.82) is 0 Å². The molecule has 1 aromatic rings. The van der Waals surface area contributed by atoms with Crippen LogP contribution >= 0.6 is 24.0 Å². The van der Waals surface area contributed by atoms with E-state index in [2.05, 4.69) is 16.9 Å². The van der Waals surface area contributed by atoms with Crippen LogP contribution in [0.3, 0.4) is 0 Å². The van der Waals surface area contributed by atoms with Gasteiger partial charge < -0.3 is 4.98 Å². The molecule has 0 amide bonds. The fraction of sp³-hybridized carbons (Fsp3) is 0.667. The van der Waals surface area contributed by atoms with E-state index in [1.165, 1.54) is 25.7 Å². The number of rotatable bonds is 3. The number of aromatic amines is 1. The zero-order valence-corrected chi connectivity index (χ0v) is 11.5. The number of hydrogen-bond donors (Lipinski definition) is 1. The number of nitrogens with one attached hydrogen (secondary N) is 1. The molecule has 1 heterocycles. The summed E-state index contributed by atoms with van der Waals surface area (Å²) in [5, 5.41) is 0.838. The molecule has 1 aliphatic carbocycles. The maximum atomic E-state index is 5.24. The summed E-state index contributed by atoms with van der Waals surface area (Å²) in [6.45, 7) is 4.09. The maximum Gasteiger partial charge on any atom is 0.132 e. The molecule has 16 heavy (non-hydrogen) atoms. The molecule has 88 valence electrons. The van der Waals surface area contributed by atoms with E-state index in [0.717, 1.165) is 32.7 Å². The number of nitrogens with zero attached hydrogens (tertiary/aromatic N) is 1. The molecule has 1 N–H and O–H groups in total. The lowest BCUT2D eigenvalue weighted by Gasteiger charge is -2.09. The van der Waals surface area contributed by atoms with Crippen LogP contribution in [-0.4, -0.2) is 15.2 Å². The van der Waals surface area contributed by atoms with Gasteiger partial charge in [-0.2, -0.15) is 11.8 Å². The molecule has 0 aromatic carbocycles. The van der Waals surface area contributed by atoms with Crippen molar-refractivity contribution in [3.05, 3.63) is 21.7 Å². The Morgan fingerprint density at radius 2 is 2.06 bits per heavy atom. The van der Waals surface area contributed by atoms with Gasteiger partial charge in [-0.25, -0.2) is 4.98 Å². The lowest BCUT2D eigenvalue weighted by Crippen LogP contribution is -2.01. The fourth-order valence-corrected chi connectivity index (χ4v) is 3.49. The van der Waals surface area contributed by atoms with Crippen molar-refractivity contribution in [2.24, 2.45) is 0 Å². The van der Waals surface area contributed by atoms with Gasteiger partial charge in [0.2, 0.25) is 0 Å². The SMILES string of the molecule is Cc1[nH]c(CSC2CCCC2)nc(=S)c1C. The predicted molar refractivity (Wildman–Crippen MR) is 72.4 cm³/mol. The number of hydrogen-bond acceptors (Lipinski definition) is 3. The molecule has 0 bridgehead atoms. The van der Waals surface area contributed by atoms with Crippen molar-refractivity contribution in [3.8, 4) is 0 Å². The van der Waals surface area contributed by atoms with E-state index in [0.29, 0.717) is 0 Å². The Kier molecular flexibility index (Phi) is 4.03. The number of H-pyrrole nitrogens is 1.